The molecule has 0 saturated carbocycles. The number of carbonyl (C=O) groups is 1. The molecule has 2 N–H and O–H groups in total. The van der Waals surface area contributed by atoms with E-state index in [0.717, 1.165) is 5.69 Å². The van der Waals surface area contributed by atoms with Gasteiger partial charge >= 0.3 is 0 Å². The minimum atomic E-state index is -0.524. The van der Waals surface area contributed by atoms with Gasteiger partial charge in [0.2, 0.25) is 0 Å². The van der Waals surface area contributed by atoms with Crippen molar-refractivity contribution in [2.45, 2.75) is 6.54 Å². The first-order chi connectivity index (χ1) is 11.7. The van der Waals surface area contributed by atoms with Crippen molar-refractivity contribution in [2.24, 2.45) is 0 Å². The summed E-state index contributed by atoms with van der Waals surface area (Å²) in [5.74, 6) is -0.514. The van der Waals surface area contributed by atoms with Gasteiger partial charge in [-0.3, -0.25) is 9.78 Å². The summed E-state index contributed by atoms with van der Waals surface area (Å²) >= 11 is 0. The molecule has 0 unspecified atom stereocenters. The number of hydrogen-bond acceptors (Lipinski definition) is 5. The van der Waals surface area contributed by atoms with E-state index in [4.69, 9.17) is 0 Å². The van der Waals surface area contributed by atoms with E-state index in [-0.39, 0.29) is 11.4 Å². The van der Waals surface area contributed by atoms with Crippen LogP contribution >= 0.6 is 0 Å². The summed E-state index contributed by atoms with van der Waals surface area (Å²) < 4.78 is 13.5. The van der Waals surface area contributed by atoms with Crippen LogP contribution in [0.4, 0.5) is 15.9 Å². The molecule has 0 aliphatic rings. The quantitative estimate of drug-likeness (QED) is 0.755. The molecule has 3 rings (SSSR count). The standard InChI is InChI=1S/C17H14FN5O/c18-13-6-1-2-7-14(13)23-17(24)15-10-22-16(11-20-15)21-9-12-5-3-4-8-19-12/h1-8,10-11H,9H2,(H,21,22)(H,23,24). The van der Waals surface area contributed by atoms with Crippen molar-refractivity contribution in [1.82, 2.24) is 15.0 Å². The monoisotopic (exact) mass is 323 g/mol. The van der Waals surface area contributed by atoms with Gasteiger partial charge in [-0.25, -0.2) is 14.4 Å². The number of rotatable bonds is 5. The zero-order valence-electron chi connectivity index (χ0n) is 12.6. The highest BCUT2D eigenvalue weighted by atomic mass is 19.1. The molecule has 1 aromatic carbocycles. The predicted octanol–water partition coefficient (Wildman–Crippen LogP) is 2.88. The van der Waals surface area contributed by atoms with Crippen LogP contribution in [0.25, 0.3) is 0 Å². The zero-order valence-corrected chi connectivity index (χ0v) is 12.6. The summed E-state index contributed by atoms with van der Waals surface area (Å²) in [6.45, 7) is 0.496. The number of amides is 1. The minimum absolute atomic E-state index is 0.0987. The summed E-state index contributed by atoms with van der Waals surface area (Å²) in [6, 6.07) is 11.5. The Morgan fingerprint density at radius 1 is 1.00 bits per heavy atom. The van der Waals surface area contributed by atoms with Crippen LogP contribution in [0.1, 0.15) is 16.2 Å². The lowest BCUT2D eigenvalue weighted by atomic mass is 10.3. The maximum Gasteiger partial charge on any atom is 0.275 e. The van der Waals surface area contributed by atoms with Crippen molar-refractivity contribution in [3.63, 3.8) is 0 Å². The maximum absolute atomic E-state index is 13.5. The molecule has 6 nitrogen and oxygen atoms in total. The Hall–Kier alpha value is -3.35. The SMILES string of the molecule is O=C(Nc1ccccc1F)c1cnc(NCc2ccccn2)cn1. The fourth-order valence-corrected chi connectivity index (χ4v) is 1.97. The number of para-hydroxylation sites is 1. The van der Waals surface area contributed by atoms with Gasteiger partial charge in [-0.2, -0.15) is 0 Å². The van der Waals surface area contributed by atoms with Crippen LogP contribution in [0.2, 0.25) is 0 Å². The number of pyridine rings is 1. The van der Waals surface area contributed by atoms with Crippen LogP contribution in [0.3, 0.4) is 0 Å². The number of aromatic nitrogens is 3. The highest BCUT2D eigenvalue weighted by molar-refractivity contribution is 6.02. The van der Waals surface area contributed by atoms with Crippen molar-refractivity contribution in [3.05, 3.63) is 78.3 Å². The van der Waals surface area contributed by atoms with E-state index in [1.165, 1.54) is 24.5 Å². The molecule has 7 heteroatoms. The van der Waals surface area contributed by atoms with E-state index in [1.54, 1.807) is 18.3 Å². The predicted molar refractivity (Wildman–Crippen MR) is 87.9 cm³/mol. The van der Waals surface area contributed by atoms with E-state index in [1.807, 2.05) is 18.2 Å². The van der Waals surface area contributed by atoms with Crippen LogP contribution in [0.5, 0.6) is 0 Å². The average Bonchev–Trinajstić information content (AvgIpc) is 2.63. The molecule has 0 fully saturated rings. The van der Waals surface area contributed by atoms with E-state index in [9.17, 15) is 9.18 Å². The summed E-state index contributed by atoms with van der Waals surface area (Å²) in [5, 5.41) is 5.52. The lowest BCUT2D eigenvalue weighted by molar-refractivity contribution is 0.102. The molecule has 1 amide bonds. The first-order valence-electron chi connectivity index (χ1n) is 7.24. The second kappa shape index (κ2) is 7.28. The molecule has 0 spiro atoms. The fourth-order valence-electron chi connectivity index (χ4n) is 1.97. The number of nitrogens with zero attached hydrogens (tertiary/aromatic N) is 3. The Morgan fingerprint density at radius 2 is 1.83 bits per heavy atom. The molecule has 0 atom stereocenters. The lowest BCUT2D eigenvalue weighted by Crippen LogP contribution is -2.15. The van der Waals surface area contributed by atoms with Crippen molar-refractivity contribution in [3.8, 4) is 0 Å². The van der Waals surface area contributed by atoms with E-state index in [0.29, 0.717) is 12.4 Å². The van der Waals surface area contributed by atoms with Gasteiger partial charge in [0.1, 0.15) is 17.3 Å². The number of hydrogen-bond donors (Lipinski definition) is 2. The summed E-state index contributed by atoms with van der Waals surface area (Å²) in [7, 11) is 0. The van der Waals surface area contributed by atoms with E-state index < -0.39 is 11.7 Å². The molecule has 0 aliphatic heterocycles. The third-order valence-corrected chi connectivity index (χ3v) is 3.18. The molecule has 0 saturated heterocycles. The Bertz CT molecular complexity index is 824. The summed E-state index contributed by atoms with van der Waals surface area (Å²) in [5.41, 5.74) is 1.06. The van der Waals surface area contributed by atoms with Crippen LogP contribution in [0.15, 0.2) is 61.1 Å². The van der Waals surface area contributed by atoms with Crippen molar-refractivity contribution in [1.29, 1.82) is 0 Å². The van der Waals surface area contributed by atoms with Gasteiger partial charge in [0.05, 0.1) is 30.3 Å². The summed E-state index contributed by atoms with van der Waals surface area (Å²) in [6.07, 6.45) is 4.48. The molecule has 2 heterocycles. The van der Waals surface area contributed by atoms with Gasteiger partial charge in [-0.15, -0.1) is 0 Å². The first kappa shape index (κ1) is 15.5. The van der Waals surface area contributed by atoms with Crippen molar-refractivity contribution >= 4 is 17.4 Å². The average molecular weight is 323 g/mol. The second-order valence-electron chi connectivity index (χ2n) is 4.90. The smallest absolute Gasteiger partial charge is 0.275 e. The van der Waals surface area contributed by atoms with Gasteiger partial charge in [-0.1, -0.05) is 18.2 Å². The van der Waals surface area contributed by atoms with Crippen LogP contribution < -0.4 is 10.6 Å². The normalized spacial score (nSPS) is 10.2. The van der Waals surface area contributed by atoms with Gasteiger partial charge in [0.25, 0.3) is 5.91 Å². The third kappa shape index (κ3) is 3.89. The number of benzene rings is 1. The molecular formula is C17H14FN5O. The van der Waals surface area contributed by atoms with Crippen LogP contribution in [-0.2, 0) is 6.54 Å². The molecule has 0 aliphatic carbocycles. The number of nitrogens with one attached hydrogen (secondary N) is 2. The molecule has 0 radical (unpaired) electrons. The third-order valence-electron chi connectivity index (χ3n) is 3.18. The lowest BCUT2D eigenvalue weighted by Gasteiger charge is -2.07. The Kier molecular flexibility index (Phi) is 4.71. The highest BCUT2D eigenvalue weighted by Gasteiger charge is 2.10. The number of halogens is 1. The van der Waals surface area contributed by atoms with Gasteiger partial charge in [-0.05, 0) is 24.3 Å². The molecule has 24 heavy (non-hydrogen) atoms. The number of carbonyl (C=O) groups excluding carboxylic acids is 1. The van der Waals surface area contributed by atoms with Crippen LogP contribution in [0, 0.1) is 5.82 Å². The largest absolute Gasteiger partial charge is 0.363 e. The number of anilines is 2. The zero-order chi connectivity index (χ0) is 16.8. The Balaban J connectivity index is 1.61. The maximum atomic E-state index is 13.5. The first-order valence-corrected chi connectivity index (χ1v) is 7.24. The fraction of sp³-hybridized carbons (Fsp3) is 0.0588. The van der Waals surface area contributed by atoms with Crippen LogP contribution in [-0.4, -0.2) is 20.9 Å². The highest BCUT2D eigenvalue weighted by Crippen LogP contribution is 2.13. The van der Waals surface area contributed by atoms with E-state index >= 15 is 0 Å². The van der Waals surface area contributed by atoms with E-state index in [2.05, 4.69) is 25.6 Å². The van der Waals surface area contributed by atoms with Gasteiger partial charge < -0.3 is 10.6 Å². The van der Waals surface area contributed by atoms with Crippen molar-refractivity contribution in [2.75, 3.05) is 10.6 Å². The molecule has 2 aromatic heterocycles. The Labute approximate surface area is 137 Å². The van der Waals surface area contributed by atoms with Gasteiger partial charge in [0, 0.05) is 6.20 Å². The molecule has 3 aromatic rings. The topological polar surface area (TPSA) is 79.8 Å². The summed E-state index contributed by atoms with van der Waals surface area (Å²) in [4.78, 5) is 24.4. The molecule has 120 valence electrons. The minimum Gasteiger partial charge on any atom is -0.363 e. The molecular weight excluding hydrogens is 309 g/mol. The van der Waals surface area contributed by atoms with Gasteiger partial charge in [0.15, 0.2) is 0 Å². The molecule has 0 bridgehead atoms. The Morgan fingerprint density at radius 3 is 2.54 bits per heavy atom. The second-order valence-corrected chi connectivity index (χ2v) is 4.90. The van der Waals surface area contributed by atoms with Crippen molar-refractivity contribution < 1.29 is 9.18 Å².